The fourth-order valence-electron chi connectivity index (χ4n) is 3.35. The maximum absolute atomic E-state index is 13.6. The van der Waals surface area contributed by atoms with Gasteiger partial charge in [0.2, 0.25) is 0 Å². The van der Waals surface area contributed by atoms with E-state index in [1.165, 1.54) is 12.1 Å². The molecule has 0 aliphatic heterocycles. The van der Waals surface area contributed by atoms with Crippen molar-refractivity contribution in [1.29, 1.82) is 0 Å². The van der Waals surface area contributed by atoms with E-state index in [4.69, 9.17) is 10.7 Å². The summed E-state index contributed by atoms with van der Waals surface area (Å²) in [4.78, 5) is 7.68. The lowest BCUT2D eigenvalue weighted by atomic mass is 9.95. The molecular weight excluding hydrogens is 365 g/mol. The minimum atomic E-state index is -0.441. The summed E-state index contributed by atoms with van der Waals surface area (Å²) in [5.41, 5.74) is 9.95. The van der Waals surface area contributed by atoms with Crippen LogP contribution < -0.4 is 5.73 Å². The second-order valence-corrected chi connectivity index (χ2v) is 7.63. The average molecular weight is 387 g/mol. The number of aromatic amines is 1. The first-order valence-corrected chi connectivity index (χ1v) is 9.37. The molecule has 0 saturated carbocycles. The molecule has 146 valence electrons. The molecule has 4 N–H and O–H groups in total. The van der Waals surface area contributed by atoms with E-state index in [2.05, 4.69) is 4.98 Å². The van der Waals surface area contributed by atoms with Crippen LogP contribution >= 0.6 is 0 Å². The van der Waals surface area contributed by atoms with Gasteiger partial charge in [0.25, 0.3) is 0 Å². The third-order valence-electron chi connectivity index (χ3n) is 4.88. The van der Waals surface area contributed by atoms with E-state index in [0.717, 1.165) is 16.8 Å². The van der Waals surface area contributed by atoms with Crippen molar-refractivity contribution in [2.45, 2.75) is 19.4 Å². The number of hydrogen-bond donors (Lipinski definition) is 3. The number of nitrogens with zero attached hydrogens (tertiary/aromatic N) is 1. The lowest BCUT2D eigenvalue weighted by molar-refractivity contribution is 0.457. The number of rotatable bonds is 4. The van der Waals surface area contributed by atoms with Crippen molar-refractivity contribution in [3.8, 4) is 5.88 Å². The lowest BCUT2D eigenvalue weighted by Crippen LogP contribution is -2.28. The molecule has 0 aliphatic rings. The minimum Gasteiger partial charge on any atom is -0.494 e. The highest BCUT2D eigenvalue weighted by molar-refractivity contribution is 6.21. The summed E-state index contributed by atoms with van der Waals surface area (Å²) in [6.07, 6.45) is 0. The Labute approximate surface area is 168 Å². The number of H-pyrrole nitrogens is 1. The highest BCUT2D eigenvalue weighted by Gasteiger charge is 2.19. The molecule has 29 heavy (non-hydrogen) atoms. The van der Waals surface area contributed by atoms with Crippen LogP contribution in [-0.2, 0) is 5.54 Å². The Hall–Kier alpha value is -3.44. The van der Waals surface area contributed by atoms with Crippen LogP contribution in [0.15, 0.2) is 77.8 Å². The van der Waals surface area contributed by atoms with Gasteiger partial charge in [-0.2, -0.15) is 0 Å². The van der Waals surface area contributed by atoms with E-state index >= 15 is 0 Å². The van der Waals surface area contributed by atoms with Gasteiger partial charge in [0.1, 0.15) is 5.82 Å². The molecule has 0 aliphatic carbocycles. The number of fused-ring (bicyclic) bond motifs is 1. The third-order valence-corrected chi connectivity index (χ3v) is 4.88. The van der Waals surface area contributed by atoms with Gasteiger partial charge >= 0.3 is 0 Å². The Bertz CT molecular complexity index is 1190. The molecule has 0 bridgehead atoms. The molecule has 3 aromatic carbocycles. The number of aromatic nitrogens is 1. The molecule has 0 saturated heterocycles. The minimum absolute atomic E-state index is 0.0482. The number of nitrogens with one attached hydrogen (secondary N) is 1. The smallest absolute Gasteiger partial charge is 0.199 e. The number of aromatic hydroxyl groups is 1. The van der Waals surface area contributed by atoms with Gasteiger partial charge in [0.05, 0.1) is 22.5 Å². The SMILES string of the molecule is CC(C)(N)c1ccc(N=C(c2ccccc2)c2c(O)[nH]c3cc(F)ccc23)cc1. The zero-order valence-corrected chi connectivity index (χ0v) is 16.3. The molecular formula is C24H22FN3O. The van der Waals surface area contributed by atoms with Gasteiger partial charge in [-0.25, -0.2) is 9.38 Å². The summed E-state index contributed by atoms with van der Waals surface area (Å²) in [6.45, 7) is 3.90. The summed E-state index contributed by atoms with van der Waals surface area (Å²) >= 11 is 0. The molecule has 0 fully saturated rings. The summed E-state index contributed by atoms with van der Waals surface area (Å²) in [5.74, 6) is -0.420. The molecule has 4 rings (SSSR count). The Morgan fingerprint density at radius 3 is 2.34 bits per heavy atom. The average Bonchev–Trinajstić information content (AvgIpc) is 3.01. The van der Waals surface area contributed by atoms with E-state index in [0.29, 0.717) is 22.2 Å². The highest BCUT2D eigenvalue weighted by Crippen LogP contribution is 2.32. The van der Waals surface area contributed by atoms with Gasteiger partial charge < -0.3 is 15.8 Å². The predicted molar refractivity (Wildman–Crippen MR) is 115 cm³/mol. The van der Waals surface area contributed by atoms with Crippen LogP contribution in [0.2, 0.25) is 0 Å². The van der Waals surface area contributed by atoms with E-state index in [-0.39, 0.29) is 11.7 Å². The van der Waals surface area contributed by atoms with Gasteiger partial charge in [-0.05, 0) is 49.7 Å². The van der Waals surface area contributed by atoms with Gasteiger partial charge in [0.15, 0.2) is 5.88 Å². The lowest BCUT2D eigenvalue weighted by Gasteiger charge is -2.19. The number of aliphatic imine (C=N–C) groups is 1. The molecule has 1 aromatic heterocycles. The zero-order chi connectivity index (χ0) is 20.6. The number of halogens is 1. The largest absolute Gasteiger partial charge is 0.494 e. The van der Waals surface area contributed by atoms with Gasteiger partial charge in [-0.1, -0.05) is 42.5 Å². The predicted octanol–water partition coefficient (Wildman–Crippen LogP) is 5.38. The quantitative estimate of drug-likeness (QED) is 0.412. The maximum Gasteiger partial charge on any atom is 0.199 e. The molecule has 0 atom stereocenters. The fourth-order valence-corrected chi connectivity index (χ4v) is 3.35. The van der Waals surface area contributed by atoms with E-state index in [9.17, 15) is 9.50 Å². The summed E-state index contributed by atoms with van der Waals surface area (Å²) in [5, 5.41) is 11.3. The molecule has 0 amide bonds. The van der Waals surface area contributed by atoms with Crippen molar-refractivity contribution in [2.24, 2.45) is 10.7 Å². The standard InChI is InChI=1S/C24H22FN3O/c1-24(2,26)16-8-11-18(12-9-16)27-22(15-6-4-3-5-7-15)21-19-13-10-17(25)14-20(19)28-23(21)29/h3-14,28-29H,26H2,1-2H3. The van der Waals surface area contributed by atoms with Crippen LogP contribution in [0.5, 0.6) is 5.88 Å². The van der Waals surface area contributed by atoms with Crippen LogP contribution in [0, 0.1) is 5.82 Å². The summed E-state index contributed by atoms with van der Waals surface area (Å²) in [7, 11) is 0. The second-order valence-electron chi connectivity index (χ2n) is 7.63. The number of hydrogen-bond acceptors (Lipinski definition) is 3. The molecule has 0 unspecified atom stereocenters. The van der Waals surface area contributed by atoms with Crippen LogP contribution in [0.25, 0.3) is 10.9 Å². The molecule has 1 heterocycles. The van der Waals surface area contributed by atoms with Crippen molar-refractivity contribution >= 4 is 22.3 Å². The van der Waals surface area contributed by atoms with Gasteiger partial charge in [0, 0.05) is 16.5 Å². The van der Waals surface area contributed by atoms with Crippen LogP contribution in [-0.4, -0.2) is 15.8 Å². The van der Waals surface area contributed by atoms with Crippen LogP contribution in [0.4, 0.5) is 10.1 Å². The first-order valence-electron chi connectivity index (χ1n) is 9.37. The first kappa shape index (κ1) is 18.9. The maximum atomic E-state index is 13.6. The van der Waals surface area contributed by atoms with Crippen molar-refractivity contribution < 1.29 is 9.50 Å². The summed E-state index contributed by atoms with van der Waals surface area (Å²) < 4.78 is 13.6. The molecule has 4 nitrogen and oxygen atoms in total. The molecule has 0 radical (unpaired) electrons. The number of nitrogens with two attached hydrogens (primary N) is 1. The zero-order valence-electron chi connectivity index (χ0n) is 16.3. The van der Waals surface area contributed by atoms with E-state index < -0.39 is 5.54 Å². The Kier molecular flexibility index (Phi) is 4.68. The van der Waals surface area contributed by atoms with Crippen molar-refractivity contribution in [3.05, 3.63) is 95.3 Å². The molecule has 5 heteroatoms. The van der Waals surface area contributed by atoms with Gasteiger partial charge in [-0.15, -0.1) is 0 Å². The summed E-state index contributed by atoms with van der Waals surface area (Å²) in [6, 6.07) is 21.7. The van der Waals surface area contributed by atoms with E-state index in [1.807, 2.05) is 68.4 Å². The third kappa shape index (κ3) is 3.77. The Morgan fingerprint density at radius 1 is 1.00 bits per heavy atom. The molecule has 4 aromatic rings. The molecule has 0 spiro atoms. The van der Waals surface area contributed by atoms with Crippen molar-refractivity contribution in [3.63, 3.8) is 0 Å². The second kappa shape index (κ2) is 7.18. The fraction of sp³-hybridized carbons (Fsp3) is 0.125. The van der Waals surface area contributed by atoms with Crippen molar-refractivity contribution in [1.82, 2.24) is 4.98 Å². The number of benzene rings is 3. The van der Waals surface area contributed by atoms with Gasteiger partial charge in [-0.3, -0.25) is 0 Å². The Morgan fingerprint density at radius 2 is 1.69 bits per heavy atom. The van der Waals surface area contributed by atoms with Crippen LogP contribution in [0.1, 0.15) is 30.5 Å². The first-order chi connectivity index (χ1) is 13.8. The normalized spacial score (nSPS) is 12.5. The highest BCUT2D eigenvalue weighted by atomic mass is 19.1. The van der Waals surface area contributed by atoms with E-state index in [1.54, 1.807) is 6.07 Å². The monoisotopic (exact) mass is 387 g/mol. The van der Waals surface area contributed by atoms with Crippen LogP contribution in [0.3, 0.4) is 0 Å². The van der Waals surface area contributed by atoms with Crippen molar-refractivity contribution in [2.75, 3.05) is 0 Å². The topological polar surface area (TPSA) is 74.4 Å². The Balaban J connectivity index is 1.90.